The average Bonchev–Trinajstić information content (AvgIpc) is 2.62. The summed E-state index contributed by atoms with van der Waals surface area (Å²) in [7, 11) is 0. The third kappa shape index (κ3) is 3.25. The van der Waals surface area contributed by atoms with Gasteiger partial charge in [-0.05, 0) is 38.2 Å². The van der Waals surface area contributed by atoms with Crippen molar-refractivity contribution in [1.82, 2.24) is 4.37 Å². The highest BCUT2D eigenvalue weighted by atomic mass is 32.1. The van der Waals surface area contributed by atoms with Gasteiger partial charge in [-0.2, -0.15) is 4.37 Å². The molecule has 96 valence electrons. The summed E-state index contributed by atoms with van der Waals surface area (Å²) in [5, 5.41) is 4.52. The van der Waals surface area contributed by atoms with Gasteiger partial charge in [0.05, 0.1) is 6.10 Å². The summed E-state index contributed by atoms with van der Waals surface area (Å²) >= 11 is 1.40. The average molecular weight is 255 g/mol. The van der Waals surface area contributed by atoms with E-state index in [9.17, 15) is 0 Å². The fourth-order valence-electron chi connectivity index (χ4n) is 2.17. The van der Waals surface area contributed by atoms with Crippen molar-refractivity contribution in [3.63, 3.8) is 0 Å². The van der Waals surface area contributed by atoms with Gasteiger partial charge in [0, 0.05) is 6.04 Å². The lowest BCUT2D eigenvalue weighted by atomic mass is 9.96. The van der Waals surface area contributed by atoms with Gasteiger partial charge < -0.3 is 15.8 Å². The van der Waals surface area contributed by atoms with Crippen molar-refractivity contribution in [2.75, 3.05) is 11.1 Å². The van der Waals surface area contributed by atoms with Gasteiger partial charge in [-0.1, -0.05) is 19.3 Å². The van der Waals surface area contributed by atoms with Crippen molar-refractivity contribution in [3.05, 3.63) is 0 Å². The fourth-order valence-corrected chi connectivity index (χ4v) is 2.90. The Morgan fingerprint density at radius 3 is 2.71 bits per heavy atom. The number of hydrogen-bond donors (Lipinski definition) is 2. The van der Waals surface area contributed by atoms with Crippen LogP contribution in [0.1, 0.15) is 46.0 Å². The summed E-state index contributed by atoms with van der Waals surface area (Å²) in [6.07, 6.45) is 6.58. The second kappa shape index (κ2) is 5.58. The molecule has 3 N–H and O–H groups in total. The molecule has 17 heavy (non-hydrogen) atoms. The van der Waals surface area contributed by atoms with Crippen LogP contribution in [0.15, 0.2) is 0 Å². The Hall–Kier alpha value is -0.970. The number of nitrogens with two attached hydrogens (primary N) is 1. The van der Waals surface area contributed by atoms with Crippen LogP contribution in [0.5, 0.6) is 5.75 Å². The van der Waals surface area contributed by atoms with E-state index in [4.69, 9.17) is 10.5 Å². The van der Waals surface area contributed by atoms with Gasteiger partial charge in [0.15, 0.2) is 16.6 Å². The molecule has 4 nitrogen and oxygen atoms in total. The zero-order chi connectivity index (χ0) is 12.3. The molecule has 5 heteroatoms. The van der Waals surface area contributed by atoms with Crippen molar-refractivity contribution in [2.24, 2.45) is 0 Å². The minimum absolute atomic E-state index is 0.126. The van der Waals surface area contributed by atoms with Crippen LogP contribution in [-0.4, -0.2) is 16.5 Å². The number of nitrogen functional groups attached to an aromatic ring is 1. The molecule has 0 amide bonds. The van der Waals surface area contributed by atoms with Gasteiger partial charge in [0.2, 0.25) is 0 Å². The van der Waals surface area contributed by atoms with Crippen molar-refractivity contribution >= 4 is 22.4 Å². The van der Waals surface area contributed by atoms with Crippen LogP contribution in [-0.2, 0) is 0 Å². The Labute approximate surface area is 107 Å². The minimum atomic E-state index is 0.126. The molecule has 0 bridgehead atoms. The molecule has 1 heterocycles. The predicted molar refractivity (Wildman–Crippen MR) is 72.8 cm³/mol. The Bertz CT molecular complexity index is 359. The minimum Gasteiger partial charge on any atom is -0.484 e. The van der Waals surface area contributed by atoms with Crippen LogP contribution in [0.2, 0.25) is 0 Å². The van der Waals surface area contributed by atoms with Crippen molar-refractivity contribution < 1.29 is 4.74 Å². The largest absolute Gasteiger partial charge is 0.484 e. The highest BCUT2D eigenvalue weighted by Crippen LogP contribution is 2.37. The zero-order valence-electron chi connectivity index (χ0n) is 10.5. The molecule has 0 aliphatic heterocycles. The standard InChI is InChI=1S/C12H21N3OS/c1-8(2)16-10-11(13)15-17-12(10)14-9-6-4-3-5-7-9/h8-9,14H,3-7H2,1-2H3,(H2,13,15). The smallest absolute Gasteiger partial charge is 0.197 e. The molecular weight excluding hydrogens is 234 g/mol. The lowest BCUT2D eigenvalue weighted by Gasteiger charge is -2.23. The normalized spacial score (nSPS) is 17.4. The second-order valence-corrected chi connectivity index (χ2v) is 5.65. The lowest BCUT2D eigenvalue weighted by molar-refractivity contribution is 0.245. The first-order valence-corrected chi connectivity index (χ1v) is 7.12. The van der Waals surface area contributed by atoms with E-state index in [1.165, 1.54) is 43.6 Å². The van der Waals surface area contributed by atoms with Crippen molar-refractivity contribution in [3.8, 4) is 5.75 Å². The van der Waals surface area contributed by atoms with Crippen LogP contribution in [0.25, 0.3) is 0 Å². The van der Waals surface area contributed by atoms with Gasteiger partial charge in [-0.15, -0.1) is 0 Å². The van der Waals surface area contributed by atoms with Gasteiger partial charge in [-0.3, -0.25) is 0 Å². The lowest BCUT2D eigenvalue weighted by Crippen LogP contribution is -2.22. The van der Waals surface area contributed by atoms with Gasteiger partial charge >= 0.3 is 0 Å². The van der Waals surface area contributed by atoms with Crippen LogP contribution < -0.4 is 15.8 Å². The monoisotopic (exact) mass is 255 g/mol. The molecule has 0 unspecified atom stereocenters. The molecular formula is C12H21N3OS. The first-order valence-electron chi connectivity index (χ1n) is 6.35. The molecule has 0 spiro atoms. The fraction of sp³-hybridized carbons (Fsp3) is 0.750. The van der Waals surface area contributed by atoms with Gasteiger partial charge in [-0.25, -0.2) is 0 Å². The zero-order valence-corrected chi connectivity index (χ0v) is 11.3. The van der Waals surface area contributed by atoms with E-state index in [1.54, 1.807) is 0 Å². The Morgan fingerprint density at radius 1 is 1.35 bits per heavy atom. The molecule has 1 fully saturated rings. The van der Waals surface area contributed by atoms with Crippen LogP contribution >= 0.6 is 11.5 Å². The quantitative estimate of drug-likeness (QED) is 0.867. The maximum absolute atomic E-state index is 5.83. The molecule has 0 aromatic carbocycles. The number of aromatic nitrogens is 1. The van der Waals surface area contributed by atoms with Gasteiger partial charge in [0.1, 0.15) is 0 Å². The third-order valence-electron chi connectivity index (χ3n) is 2.97. The summed E-state index contributed by atoms with van der Waals surface area (Å²) in [6.45, 7) is 4.00. The molecule has 1 saturated carbocycles. The number of rotatable bonds is 4. The molecule has 1 aromatic rings. The summed E-state index contributed by atoms with van der Waals surface area (Å²) in [5.41, 5.74) is 5.83. The van der Waals surface area contributed by atoms with E-state index >= 15 is 0 Å². The maximum atomic E-state index is 5.83. The van der Waals surface area contributed by atoms with E-state index < -0.39 is 0 Å². The summed E-state index contributed by atoms with van der Waals surface area (Å²) in [4.78, 5) is 0. The predicted octanol–water partition coefficient (Wildman–Crippen LogP) is 3.26. The molecule has 1 aliphatic rings. The third-order valence-corrected chi connectivity index (χ3v) is 3.74. The van der Waals surface area contributed by atoms with E-state index in [0.717, 1.165) is 10.8 Å². The molecule has 0 radical (unpaired) electrons. The van der Waals surface area contributed by atoms with Gasteiger partial charge in [0.25, 0.3) is 0 Å². The first kappa shape index (κ1) is 12.5. The van der Waals surface area contributed by atoms with Crippen molar-refractivity contribution in [2.45, 2.75) is 58.1 Å². The number of hydrogen-bond acceptors (Lipinski definition) is 5. The second-order valence-electron chi connectivity index (χ2n) is 4.87. The van der Waals surface area contributed by atoms with E-state index in [0.29, 0.717) is 11.9 Å². The molecule has 0 atom stereocenters. The SMILES string of the molecule is CC(C)Oc1c(N)nsc1NC1CCCCC1. The van der Waals surface area contributed by atoms with Crippen molar-refractivity contribution in [1.29, 1.82) is 0 Å². The summed E-state index contributed by atoms with van der Waals surface area (Å²) < 4.78 is 9.89. The number of anilines is 2. The molecule has 2 rings (SSSR count). The maximum Gasteiger partial charge on any atom is 0.197 e. The van der Waals surface area contributed by atoms with Crippen LogP contribution in [0, 0.1) is 0 Å². The topological polar surface area (TPSA) is 60.2 Å². The molecule has 1 aliphatic carbocycles. The molecule has 1 aromatic heterocycles. The molecule has 0 saturated heterocycles. The number of nitrogens with zero attached hydrogens (tertiary/aromatic N) is 1. The van der Waals surface area contributed by atoms with E-state index in [-0.39, 0.29) is 6.10 Å². The van der Waals surface area contributed by atoms with Crippen LogP contribution in [0.3, 0.4) is 0 Å². The number of nitrogens with one attached hydrogen (secondary N) is 1. The Balaban J connectivity index is 2.04. The summed E-state index contributed by atoms with van der Waals surface area (Å²) in [5.74, 6) is 1.23. The summed E-state index contributed by atoms with van der Waals surface area (Å²) in [6, 6.07) is 0.554. The Morgan fingerprint density at radius 2 is 2.06 bits per heavy atom. The highest BCUT2D eigenvalue weighted by molar-refractivity contribution is 7.11. The first-order chi connectivity index (χ1) is 8.16. The van der Waals surface area contributed by atoms with E-state index in [2.05, 4.69) is 9.69 Å². The highest BCUT2D eigenvalue weighted by Gasteiger charge is 2.19. The van der Waals surface area contributed by atoms with Crippen LogP contribution in [0.4, 0.5) is 10.8 Å². The number of ether oxygens (including phenoxy) is 1. The Kier molecular flexibility index (Phi) is 4.10. The van der Waals surface area contributed by atoms with E-state index in [1.807, 2.05) is 13.8 Å².